The van der Waals surface area contributed by atoms with Gasteiger partial charge in [0.05, 0.1) is 5.92 Å². The summed E-state index contributed by atoms with van der Waals surface area (Å²) in [5.41, 5.74) is 2.34. The quantitative estimate of drug-likeness (QED) is 0.898. The minimum Gasteiger partial charge on any atom is -0.480 e. The lowest BCUT2D eigenvalue weighted by molar-refractivity contribution is -0.148. The Hall–Kier alpha value is -1.84. The molecule has 1 saturated heterocycles. The van der Waals surface area contributed by atoms with E-state index in [2.05, 4.69) is 6.07 Å². The molecule has 1 amide bonds. The minimum atomic E-state index is -0.875. The summed E-state index contributed by atoms with van der Waals surface area (Å²) in [5, 5.41) is 9.23. The number of rotatable bonds is 2. The van der Waals surface area contributed by atoms with E-state index in [0.717, 1.165) is 31.2 Å². The summed E-state index contributed by atoms with van der Waals surface area (Å²) < 4.78 is 0. The third kappa shape index (κ3) is 2.19. The van der Waals surface area contributed by atoms with Crippen LogP contribution in [0.25, 0.3) is 0 Å². The molecule has 3 rings (SSSR count). The molecule has 1 aliphatic heterocycles. The Bertz CT molecular complexity index is 540. The summed E-state index contributed by atoms with van der Waals surface area (Å²) in [5.74, 6) is -1.03. The normalized spacial score (nSPS) is 25.3. The summed E-state index contributed by atoms with van der Waals surface area (Å²) in [6.07, 6.45) is 4.21. The van der Waals surface area contributed by atoms with Crippen molar-refractivity contribution in [2.45, 2.75) is 44.1 Å². The van der Waals surface area contributed by atoms with Gasteiger partial charge < -0.3 is 10.0 Å². The van der Waals surface area contributed by atoms with E-state index in [0.29, 0.717) is 13.0 Å². The Morgan fingerprint density at radius 2 is 1.95 bits per heavy atom. The molecule has 0 unspecified atom stereocenters. The van der Waals surface area contributed by atoms with E-state index in [1.165, 1.54) is 5.56 Å². The van der Waals surface area contributed by atoms with Crippen molar-refractivity contribution in [3.63, 3.8) is 0 Å². The summed E-state index contributed by atoms with van der Waals surface area (Å²) >= 11 is 0. The minimum absolute atomic E-state index is 0.00190. The third-order valence-corrected chi connectivity index (χ3v) is 4.49. The fourth-order valence-corrected chi connectivity index (χ4v) is 3.50. The van der Waals surface area contributed by atoms with Gasteiger partial charge in [0.25, 0.3) is 0 Å². The van der Waals surface area contributed by atoms with Crippen LogP contribution in [0.15, 0.2) is 24.3 Å². The van der Waals surface area contributed by atoms with Crippen LogP contribution in [0, 0.1) is 0 Å². The number of carboxylic acids is 1. The second-order valence-corrected chi connectivity index (χ2v) is 5.67. The monoisotopic (exact) mass is 273 g/mol. The molecule has 0 saturated carbocycles. The van der Waals surface area contributed by atoms with Gasteiger partial charge in [-0.25, -0.2) is 4.79 Å². The number of carboxylic acid groups (broad SMARTS) is 1. The first kappa shape index (κ1) is 13.2. The van der Waals surface area contributed by atoms with Crippen molar-refractivity contribution in [1.29, 1.82) is 0 Å². The summed E-state index contributed by atoms with van der Waals surface area (Å²) in [4.78, 5) is 25.6. The molecule has 1 heterocycles. The van der Waals surface area contributed by atoms with Gasteiger partial charge in [0.1, 0.15) is 6.04 Å². The Balaban J connectivity index is 1.87. The topological polar surface area (TPSA) is 57.6 Å². The molecule has 4 nitrogen and oxygen atoms in total. The van der Waals surface area contributed by atoms with Gasteiger partial charge in [-0.2, -0.15) is 0 Å². The molecule has 1 aromatic carbocycles. The number of hydrogen-bond acceptors (Lipinski definition) is 2. The highest BCUT2D eigenvalue weighted by molar-refractivity contribution is 5.89. The van der Waals surface area contributed by atoms with Crippen molar-refractivity contribution in [3.05, 3.63) is 35.4 Å². The van der Waals surface area contributed by atoms with Crippen LogP contribution >= 0.6 is 0 Å². The number of carbonyl (C=O) groups excluding carboxylic acids is 1. The van der Waals surface area contributed by atoms with Gasteiger partial charge in [0, 0.05) is 6.54 Å². The summed E-state index contributed by atoms with van der Waals surface area (Å²) in [6, 6.07) is 7.43. The standard InChI is InChI=1S/C16H19NO3/c18-15(17-10-4-9-14(17)16(19)20)13-8-3-6-11-5-1-2-7-12(11)13/h1-2,5,7,13-14H,3-4,6,8-10H2,(H,19,20)/t13-,14-/m0/s1. The van der Waals surface area contributed by atoms with E-state index in [4.69, 9.17) is 0 Å². The number of fused-ring (bicyclic) bond motifs is 1. The first-order valence-electron chi connectivity index (χ1n) is 7.29. The van der Waals surface area contributed by atoms with Crippen LogP contribution < -0.4 is 0 Å². The zero-order valence-electron chi connectivity index (χ0n) is 11.4. The van der Waals surface area contributed by atoms with Gasteiger partial charge in [-0.1, -0.05) is 24.3 Å². The van der Waals surface area contributed by atoms with Gasteiger partial charge in [-0.3, -0.25) is 4.79 Å². The molecule has 106 valence electrons. The molecule has 1 aromatic rings. The predicted octanol–water partition coefficient (Wildman–Crippen LogP) is 2.18. The largest absolute Gasteiger partial charge is 0.480 e. The number of benzene rings is 1. The maximum atomic E-state index is 12.7. The Labute approximate surface area is 118 Å². The fourth-order valence-electron chi connectivity index (χ4n) is 3.50. The van der Waals surface area contributed by atoms with E-state index < -0.39 is 12.0 Å². The molecule has 0 spiro atoms. The molecule has 0 radical (unpaired) electrons. The van der Waals surface area contributed by atoms with Crippen molar-refractivity contribution < 1.29 is 14.7 Å². The van der Waals surface area contributed by atoms with Gasteiger partial charge in [0.15, 0.2) is 0 Å². The van der Waals surface area contributed by atoms with Crippen molar-refractivity contribution in [1.82, 2.24) is 4.90 Å². The first-order valence-corrected chi connectivity index (χ1v) is 7.29. The van der Waals surface area contributed by atoms with Crippen LogP contribution in [0.4, 0.5) is 0 Å². The second-order valence-electron chi connectivity index (χ2n) is 5.67. The number of nitrogens with zero attached hydrogens (tertiary/aromatic N) is 1. The van der Waals surface area contributed by atoms with Crippen molar-refractivity contribution in [3.8, 4) is 0 Å². The number of amides is 1. The highest BCUT2D eigenvalue weighted by Crippen LogP contribution is 2.34. The number of hydrogen-bond donors (Lipinski definition) is 1. The number of aliphatic carboxylic acids is 1. The number of carbonyl (C=O) groups is 2. The van der Waals surface area contributed by atoms with Gasteiger partial charge in [0.2, 0.25) is 5.91 Å². The summed E-state index contributed by atoms with van der Waals surface area (Å²) in [7, 11) is 0. The lowest BCUT2D eigenvalue weighted by Gasteiger charge is -2.30. The lowest BCUT2D eigenvalue weighted by atomic mass is 9.82. The Kier molecular flexibility index (Phi) is 3.47. The van der Waals surface area contributed by atoms with Crippen LogP contribution in [0.2, 0.25) is 0 Å². The Morgan fingerprint density at radius 3 is 2.75 bits per heavy atom. The van der Waals surface area contributed by atoms with Crippen molar-refractivity contribution in [2.24, 2.45) is 0 Å². The maximum Gasteiger partial charge on any atom is 0.326 e. The maximum absolute atomic E-state index is 12.7. The molecule has 4 heteroatoms. The van der Waals surface area contributed by atoms with E-state index >= 15 is 0 Å². The zero-order chi connectivity index (χ0) is 14.1. The highest BCUT2D eigenvalue weighted by Gasteiger charge is 2.38. The molecular formula is C16H19NO3. The van der Waals surface area contributed by atoms with E-state index in [-0.39, 0.29) is 11.8 Å². The molecule has 1 fully saturated rings. The van der Waals surface area contributed by atoms with Crippen LogP contribution in [-0.2, 0) is 16.0 Å². The molecule has 0 aromatic heterocycles. The zero-order valence-corrected chi connectivity index (χ0v) is 11.4. The molecule has 0 bridgehead atoms. The van der Waals surface area contributed by atoms with Crippen molar-refractivity contribution >= 4 is 11.9 Å². The first-order chi connectivity index (χ1) is 9.68. The highest BCUT2D eigenvalue weighted by atomic mass is 16.4. The van der Waals surface area contributed by atoms with E-state index in [1.54, 1.807) is 4.90 Å². The Morgan fingerprint density at radius 1 is 1.15 bits per heavy atom. The number of aryl methyl sites for hydroxylation is 1. The van der Waals surface area contributed by atoms with Crippen LogP contribution in [0.3, 0.4) is 0 Å². The van der Waals surface area contributed by atoms with Crippen molar-refractivity contribution in [2.75, 3.05) is 6.54 Å². The molecule has 2 aliphatic rings. The molecule has 2 atom stereocenters. The van der Waals surface area contributed by atoms with E-state index in [1.807, 2.05) is 18.2 Å². The predicted molar refractivity (Wildman–Crippen MR) is 74.5 cm³/mol. The lowest BCUT2D eigenvalue weighted by Crippen LogP contribution is -2.43. The third-order valence-electron chi connectivity index (χ3n) is 4.49. The molecule has 1 N–H and O–H groups in total. The van der Waals surface area contributed by atoms with Crippen LogP contribution in [0.1, 0.15) is 42.7 Å². The van der Waals surface area contributed by atoms with E-state index in [9.17, 15) is 14.7 Å². The average Bonchev–Trinajstić information content (AvgIpc) is 2.95. The molecule has 20 heavy (non-hydrogen) atoms. The van der Waals surface area contributed by atoms with Crippen LogP contribution in [-0.4, -0.2) is 34.5 Å². The second kappa shape index (κ2) is 5.27. The van der Waals surface area contributed by atoms with Gasteiger partial charge in [-0.05, 0) is 43.2 Å². The summed E-state index contributed by atoms with van der Waals surface area (Å²) in [6.45, 7) is 0.578. The smallest absolute Gasteiger partial charge is 0.326 e. The molecular weight excluding hydrogens is 254 g/mol. The number of likely N-dealkylation sites (tertiary alicyclic amines) is 1. The van der Waals surface area contributed by atoms with Gasteiger partial charge >= 0.3 is 5.97 Å². The fraction of sp³-hybridized carbons (Fsp3) is 0.500. The van der Waals surface area contributed by atoms with Gasteiger partial charge in [-0.15, -0.1) is 0 Å². The molecule has 1 aliphatic carbocycles. The SMILES string of the molecule is O=C(O)[C@@H]1CCCN1C(=O)[C@H]1CCCc2ccccc21. The average molecular weight is 273 g/mol. The van der Waals surface area contributed by atoms with Crippen LogP contribution in [0.5, 0.6) is 0 Å².